The van der Waals surface area contributed by atoms with Crippen LogP contribution < -0.4 is 4.74 Å². The zero-order valence-corrected chi connectivity index (χ0v) is 24.4. The summed E-state index contributed by atoms with van der Waals surface area (Å²) >= 11 is 19.6. The molecule has 0 radical (unpaired) electrons. The van der Waals surface area contributed by atoms with Crippen molar-refractivity contribution >= 4 is 78.6 Å². The second-order valence-electron chi connectivity index (χ2n) is 9.54. The molecule has 2 saturated carbocycles. The van der Waals surface area contributed by atoms with Gasteiger partial charge in [-0.05, 0) is 67.6 Å². The molecule has 37 heavy (non-hydrogen) atoms. The zero-order chi connectivity index (χ0) is 26.8. The lowest BCUT2D eigenvalue weighted by atomic mass is 9.81. The Hall–Kier alpha value is -1.94. The lowest BCUT2D eigenvalue weighted by Crippen LogP contribution is -2.57. The number of hydrazine groups is 1. The fourth-order valence-corrected chi connectivity index (χ4v) is 8.03. The van der Waals surface area contributed by atoms with Crippen molar-refractivity contribution in [2.75, 3.05) is 7.11 Å². The minimum atomic E-state index is -1.17. The van der Waals surface area contributed by atoms with Crippen LogP contribution >= 0.6 is 55.1 Å². The predicted octanol–water partition coefficient (Wildman–Crippen LogP) is 5.41. The SMILES string of the molecule is COc1ccc(C(=O)[C@H](C)N(C(=O)c2ccc(Cl)c(Cl)c2)N2C(=O)[C@@H]3[C@H]4C[C@@H]([C@H](Br)[C@H]4Br)[C@@H]3C2=O)cc1. The summed E-state index contributed by atoms with van der Waals surface area (Å²) in [5, 5.41) is 2.27. The number of carbonyl (C=O) groups excluding carboxylic acids is 4. The van der Waals surface area contributed by atoms with Gasteiger partial charge in [-0.1, -0.05) is 55.1 Å². The van der Waals surface area contributed by atoms with Gasteiger partial charge in [0.15, 0.2) is 5.78 Å². The highest BCUT2D eigenvalue weighted by atomic mass is 79.9. The molecule has 1 heterocycles. The van der Waals surface area contributed by atoms with E-state index in [0.717, 1.165) is 16.4 Å². The molecule has 3 aliphatic rings. The molecule has 2 aliphatic carbocycles. The normalized spacial score (nSPS) is 28.9. The minimum absolute atomic E-state index is 0.0352. The molecular formula is C26H22Br2Cl2N2O5. The van der Waals surface area contributed by atoms with Gasteiger partial charge in [0, 0.05) is 20.8 Å². The number of amides is 3. The number of fused-ring (bicyclic) bond motifs is 5. The average Bonchev–Trinajstić information content (AvgIpc) is 3.51. The second kappa shape index (κ2) is 9.98. The first-order valence-corrected chi connectivity index (χ1v) is 14.3. The van der Waals surface area contributed by atoms with E-state index < -0.39 is 41.4 Å². The van der Waals surface area contributed by atoms with Crippen LogP contribution in [0.15, 0.2) is 42.5 Å². The zero-order valence-electron chi connectivity index (χ0n) is 19.7. The van der Waals surface area contributed by atoms with Gasteiger partial charge in [-0.3, -0.25) is 19.2 Å². The van der Waals surface area contributed by atoms with Gasteiger partial charge < -0.3 is 4.74 Å². The molecule has 2 bridgehead atoms. The molecule has 0 aromatic heterocycles. The number of hydrogen-bond acceptors (Lipinski definition) is 5. The summed E-state index contributed by atoms with van der Waals surface area (Å²) in [6.45, 7) is 1.51. The molecule has 7 nitrogen and oxygen atoms in total. The topological polar surface area (TPSA) is 84.0 Å². The van der Waals surface area contributed by atoms with Crippen LogP contribution in [-0.2, 0) is 9.59 Å². The third-order valence-electron chi connectivity index (χ3n) is 7.67. The monoisotopic (exact) mass is 670 g/mol. The highest BCUT2D eigenvalue weighted by molar-refractivity contribution is 9.12. The van der Waals surface area contributed by atoms with Crippen LogP contribution in [0.4, 0.5) is 0 Å². The summed E-state index contributed by atoms with van der Waals surface area (Å²) in [6, 6.07) is 9.52. The van der Waals surface area contributed by atoms with Crippen molar-refractivity contribution < 1.29 is 23.9 Å². The Morgan fingerprint density at radius 3 is 2.00 bits per heavy atom. The van der Waals surface area contributed by atoms with E-state index in [2.05, 4.69) is 31.9 Å². The summed E-state index contributed by atoms with van der Waals surface area (Å²) in [7, 11) is 1.51. The van der Waals surface area contributed by atoms with Gasteiger partial charge in [0.2, 0.25) is 0 Å². The maximum Gasteiger partial charge on any atom is 0.273 e. The van der Waals surface area contributed by atoms with Gasteiger partial charge in [-0.15, -0.1) is 0 Å². The lowest BCUT2D eigenvalue weighted by Gasteiger charge is -2.35. The van der Waals surface area contributed by atoms with Crippen LogP contribution in [0.2, 0.25) is 10.0 Å². The smallest absolute Gasteiger partial charge is 0.273 e. The summed E-state index contributed by atoms with van der Waals surface area (Å²) in [5.41, 5.74) is 0.404. The van der Waals surface area contributed by atoms with Crippen LogP contribution in [0.5, 0.6) is 5.75 Å². The van der Waals surface area contributed by atoms with Crippen molar-refractivity contribution in [2.24, 2.45) is 23.7 Å². The Kier molecular flexibility index (Phi) is 7.19. The predicted molar refractivity (Wildman–Crippen MR) is 145 cm³/mol. The number of ether oxygens (including phenoxy) is 1. The first-order valence-electron chi connectivity index (χ1n) is 11.7. The van der Waals surface area contributed by atoms with E-state index >= 15 is 0 Å². The summed E-state index contributed by atoms with van der Waals surface area (Å²) in [4.78, 5) is 55.1. The minimum Gasteiger partial charge on any atom is -0.497 e. The van der Waals surface area contributed by atoms with Gasteiger partial charge >= 0.3 is 0 Å². The van der Waals surface area contributed by atoms with Crippen LogP contribution in [0, 0.1) is 23.7 Å². The number of carbonyl (C=O) groups is 4. The molecule has 1 aliphatic heterocycles. The van der Waals surface area contributed by atoms with Crippen LogP contribution in [-0.4, -0.2) is 56.3 Å². The molecule has 11 heteroatoms. The van der Waals surface area contributed by atoms with Gasteiger partial charge in [-0.2, -0.15) is 5.01 Å². The second-order valence-corrected chi connectivity index (χ2v) is 12.5. The van der Waals surface area contributed by atoms with E-state index in [4.69, 9.17) is 27.9 Å². The van der Waals surface area contributed by atoms with Gasteiger partial charge in [0.1, 0.15) is 11.8 Å². The van der Waals surface area contributed by atoms with E-state index in [0.29, 0.717) is 11.3 Å². The van der Waals surface area contributed by atoms with Gasteiger partial charge in [0.05, 0.1) is 29.0 Å². The number of Topliss-reactive ketones (excluding diaryl/α,β-unsaturated/α-hetero) is 1. The number of ketones is 1. The summed E-state index contributed by atoms with van der Waals surface area (Å²) in [5.74, 6) is -2.70. The Morgan fingerprint density at radius 2 is 1.49 bits per heavy atom. The molecule has 3 fully saturated rings. The molecule has 5 rings (SSSR count). The van der Waals surface area contributed by atoms with E-state index in [1.165, 1.54) is 32.2 Å². The lowest BCUT2D eigenvalue weighted by molar-refractivity contribution is -0.157. The van der Waals surface area contributed by atoms with Crippen LogP contribution in [0.1, 0.15) is 34.1 Å². The Bertz CT molecular complexity index is 1270. The van der Waals surface area contributed by atoms with Crippen molar-refractivity contribution in [1.82, 2.24) is 10.0 Å². The molecule has 0 unspecified atom stereocenters. The number of methoxy groups -OCH3 is 1. The Morgan fingerprint density at radius 1 is 0.946 bits per heavy atom. The Labute approximate surface area is 240 Å². The number of nitrogens with zero attached hydrogens (tertiary/aromatic N) is 2. The van der Waals surface area contributed by atoms with E-state index in [9.17, 15) is 19.2 Å². The highest BCUT2D eigenvalue weighted by Gasteiger charge is 2.68. The molecular weight excluding hydrogens is 651 g/mol. The number of rotatable bonds is 6. The molecule has 2 aromatic rings. The van der Waals surface area contributed by atoms with Crippen molar-refractivity contribution in [1.29, 1.82) is 0 Å². The van der Waals surface area contributed by atoms with E-state index in [1.807, 2.05) is 0 Å². The number of benzene rings is 2. The number of hydrogen-bond donors (Lipinski definition) is 0. The number of alkyl halides is 2. The first kappa shape index (κ1) is 26.7. The largest absolute Gasteiger partial charge is 0.497 e. The summed E-state index contributed by atoms with van der Waals surface area (Å²) < 4.78 is 5.16. The fraction of sp³-hybridized carbons (Fsp3) is 0.385. The van der Waals surface area contributed by atoms with Crippen molar-refractivity contribution in [3.63, 3.8) is 0 Å². The number of halogens is 4. The van der Waals surface area contributed by atoms with E-state index in [1.54, 1.807) is 24.3 Å². The molecule has 0 N–H and O–H groups in total. The molecule has 3 amide bonds. The number of imide groups is 1. The third kappa shape index (κ3) is 4.22. The van der Waals surface area contributed by atoms with Gasteiger partial charge in [-0.25, -0.2) is 5.01 Å². The quantitative estimate of drug-likeness (QED) is 0.233. The molecule has 194 valence electrons. The van der Waals surface area contributed by atoms with Gasteiger partial charge in [0.25, 0.3) is 17.7 Å². The van der Waals surface area contributed by atoms with Crippen LogP contribution in [0.3, 0.4) is 0 Å². The van der Waals surface area contributed by atoms with Crippen molar-refractivity contribution in [3.05, 3.63) is 63.6 Å². The van der Waals surface area contributed by atoms with Crippen molar-refractivity contribution in [2.45, 2.75) is 29.0 Å². The van der Waals surface area contributed by atoms with E-state index in [-0.39, 0.29) is 37.1 Å². The summed E-state index contributed by atoms with van der Waals surface area (Å²) in [6.07, 6.45) is 0.744. The maximum atomic E-state index is 13.9. The maximum absolute atomic E-state index is 13.9. The average molecular weight is 673 g/mol. The molecule has 0 spiro atoms. The first-order chi connectivity index (χ1) is 17.6. The fourth-order valence-electron chi connectivity index (χ4n) is 5.85. The molecule has 1 saturated heterocycles. The Balaban J connectivity index is 1.55. The molecule has 7 atom stereocenters. The standard InChI is InChI=1S/C26H22Br2Cl2N2O5/c1-11(23(33)12-3-6-14(37-2)7-4-12)31(24(34)13-5-8-17(29)18(30)9-13)32-25(35)19-15-10-16(20(19)26(32)36)22(28)21(15)27/h3-9,11,15-16,19-22H,10H2,1-2H3/t11-,15+,16+,19-,20+,21-,22-/m0/s1. The van der Waals surface area contributed by atoms with Crippen LogP contribution in [0.25, 0.3) is 0 Å². The third-order valence-corrected chi connectivity index (χ3v) is 11.6. The highest BCUT2D eigenvalue weighted by Crippen LogP contribution is 2.60. The van der Waals surface area contributed by atoms with Crippen molar-refractivity contribution in [3.8, 4) is 5.75 Å². The molecule has 2 aromatic carbocycles.